The summed E-state index contributed by atoms with van der Waals surface area (Å²) in [5.41, 5.74) is -2.34. The van der Waals surface area contributed by atoms with E-state index in [-0.39, 0.29) is 39.9 Å². The van der Waals surface area contributed by atoms with Gasteiger partial charge >= 0.3 is 0 Å². The molecule has 5 aliphatic rings. The van der Waals surface area contributed by atoms with E-state index in [9.17, 15) is 46.0 Å². The van der Waals surface area contributed by atoms with Gasteiger partial charge in [0.15, 0.2) is 6.29 Å². The normalized spacial score (nSPS) is 51.5. The standard InChI is InChI=1S/C36H62O11/c1-17(13-20(39)30(44)33(4,5)45)18-9-12-35(7)25(18)19(38)14-23-34(6)11-10-24(40)32(2,3)29(34)21(15-36(23,35)8)46-31-28(43)27(42)26(41)22(16-37)47-31/h13,18-31,37-45H,9-12,14-16H2,1-8H3/b17-13-/t18-,19-,20+,21+,22-,23-,24+,25+,26-,27+,28-,29+,30-,31-,34-,35-,36-/m1/s1. The lowest BCUT2D eigenvalue weighted by molar-refractivity contribution is -0.346. The van der Waals surface area contributed by atoms with E-state index in [1.807, 2.05) is 20.8 Å². The minimum atomic E-state index is -1.57. The molecule has 47 heavy (non-hydrogen) atoms. The van der Waals surface area contributed by atoms with E-state index < -0.39 is 78.8 Å². The van der Waals surface area contributed by atoms with Crippen LogP contribution in [0.25, 0.3) is 0 Å². The van der Waals surface area contributed by atoms with Crippen molar-refractivity contribution in [2.24, 2.45) is 45.3 Å². The van der Waals surface area contributed by atoms with Crippen molar-refractivity contribution in [1.29, 1.82) is 0 Å². The number of rotatable bonds is 7. The first-order valence-electron chi connectivity index (χ1n) is 17.6. The second kappa shape index (κ2) is 12.5. The van der Waals surface area contributed by atoms with Crippen LogP contribution in [0.5, 0.6) is 0 Å². The number of hydrogen-bond acceptors (Lipinski definition) is 11. The first-order valence-corrected chi connectivity index (χ1v) is 17.6. The highest BCUT2D eigenvalue weighted by molar-refractivity contribution is 5.24. The highest BCUT2D eigenvalue weighted by Gasteiger charge is 2.72. The van der Waals surface area contributed by atoms with Crippen LogP contribution in [0.2, 0.25) is 0 Å². The third-order valence-corrected chi connectivity index (χ3v) is 14.5. The number of ether oxygens (including phenoxy) is 2. The van der Waals surface area contributed by atoms with Crippen molar-refractivity contribution >= 4 is 0 Å². The Morgan fingerprint density at radius 2 is 1.57 bits per heavy atom. The Kier molecular flexibility index (Phi) is 10.00. The largest absolute Gasteiger partial charge is 0.394 e. The summed E-state index contributed by atoms with van der Waals surface area (Å²) in [6, 6.07) is 0. The third kappa shape index (κ3) is 5.77. The summed E-state index contributed by atoms with van der Waals surface area (Å²) in [7, 11) is 0. The minimum Gasteiger partial charge on any atom is -0.394 e. The van der Waals surface area contributed by atoms with E-state index in [1.54, 1.807) is 6.08 Å². The zero-order valence-corrected chi connectivity index (χ0v) is 29.5. The Morgan fingerprint density at radius 3 is 2.17 bits per heavy atom. The second-order valence-corrected chi connectivity index (χ2v) is 17.8. The van der Waals surface area contributed by atoms with Crippen molar-refractivity contribution in [2.45, 2.75) is 161 Å². The molecule has 0 aromatic rings. The molecule has 0 spiro atoms. The van der Waals surface area contributed by atoms with Crippen LogP contribution in [0, 0.1) is 45.3 Å². The van der Waals surface area contributed by atoms with Gasteiger partial charge in [-0.25, -0.2) is 0 Å². The zero-order valence-electron chi connectivity index (χ0n) is 29.5. The molecule has 0 bridgehead atoms. The molecule has 0 aromatic heterocycles. The Balaban J connectivity index is 1.54. The summed E-state index contributed by atoms with van der Waals surface area (Å²) in [4.78, 5) is 0. The molecular weight excluding hydrogens is 608 g/mol. The van der Waals surface area contributed by atoms with Crippen molar-refractivity contribution in [1.82, 2.24) is 0 Å². The first-order chi connectivity index (χ1) is 21.6. The fraction of sp³-hybridized carbons (Fsp3) is 0.944. The van der Waals surface area contributed by atoms with Crippen LogP contribution >= 0.6 is 0 Å². The van der Waals surface area contributed by atoms with Gasteiger partial charge in [0.2, 0.25) is 0 Å². The quantitative estimate of drug-likeness (QED) is 0.139. The van der Waals surface area contributed by atoms with Gasteiger partial charge in [-0.3, -0.25) is 0 Å². The summed E-state index contributed by atoms with van der Waals surface area (Å²) in [5.74, 6) is -0.338. The van der Waals surface area contributed by atoms with E-state index in [0.29, 0.717) is 25.7 Å². The van der Waals surface area contributed by atoms with Crippen molar-refractivity contribution < 1.29 is 55.4 Å². The van der Waals surface area contributed by atoms with Crippen LogP contribution in [0.3, 0.4) is 0 Å². The topological polar surface area (TPSA) is 201 Å². The second-order valence-electron chi connectivity index (χ2n) is 17.8. The summed E-state index contributed by atoms with van der Waals surface area (Å²) in [5, 5.41) is 96.9. The van der Waals surface area contributed by atoms with E-state index >= 15 is 0 Å². The molecule has 9 N–H and O–H groups in total. The molecule has 0 unspecified atom stereocenters. The molecule has 11 heteroatoms. The molecular formula is C36H62O11. The summed E-state index contributed by atoms with van der Waals surface area (Å²) >= 11 is 0. The molecule has 0 radical (unpaired) electrons. The van der Waals surface area contributed by atoms with Gasteiger partial charge in [-0.05, 0) is 105 Å². The van der Waals surface area contributed by atoms with Crippen LogP contribution in [0.15, 0.2) is 11.6 Å². The molecule has 272 valence electrons. The van der Waals surface area contributed by atoms with Crippen LogP contribution in [-0.4, -0.2) is 119 Å². The summed E-state index contributed by atoms with van der Waals surface area (Å²) < 4.78 is 12.6. The van der Waals surface area contributed by atoms with Crippen molar-refractivity contribution in [2.75, 3.05) is 6.61 Å². The predicted molar refractivity (Wildman–Crippen MR) is 172 cm³/mol. The van der Waals surface area contributed by atoms with Crippen LogP contribution in [-0.2, 0) is 9.47 Å². The van der Waals surface area contributed by atoms with Gasteiger partial charge in [-0.2, -0.15) is 0 Å². The molecule has 17 atom stereocenters. The molecule has 1 heterocycles. The Morgan fingerprint density at radius 1 is 0.936 bits per heavy atom. The van der Waals surface area contributed by atoms with E-state index in [2.05, 4.69) is 20.8 Å². The maximum absolute atomic E-state index is 12.1. The number of allylic oxidation sites excluding steroid dienone is 1. The fourth-order valence-electron chi connectivity index (χ4n) is 11.8. The molecule has 0 amide bonds. The summed E-state index contributed by atoms with van der Waals surface area (Å²) in [6.45, 7) is 15.1. The lowest BCUT2D eigenvalue weighted by Gasteiger charge is -2.72. The average Bonchev–Trinajstić information content (AvgIpc) is 3.35. The van der Waals surface area contributed by atoms with Crippen LogP contribution < -0.4 is 0 Å². The van der Waals surface area contributed by atoms with E-state index in [4.69, 9.17) is 9.47 Å². The molecule has 11 nitrogen and oxygen atoms in total. The average molecular weight is 671 g/mol. The molecule has 1 saturated heterocycles. The number of hydrogen-bond donors (Lipinski definition) is 9. The van der Waals surface area contributed by atoms with Crippen LogP contribution in [0.4, 0.5) is 0 Å². The number of fused-ring (bicyclic) bond motifs is 5. The molecule has 5 fully saturated rings. The Hall–Kier alpha value is -0.700. The van der Waals surface area contributed by atoms with Crippen molar-refractivity contribution in [3.05, 3.63) is 11.6 Å². The molecule has 5 rings (SSSR count). The zero-order chi connectivity index (χ0) is 35.2. The monoisotopic (exact) mass is 670 g/mol. The highest BCUT2D eigenvalue weighted by atomic mass is 16.7. The lowest BCUT2D eigenvalue weighted by atomic mass is 9.34. The Bertz CT molecular complexity index is 1170. The van der Waals surface area contributed by atoms with Crippen molar-refractivity contribution in [3.8, 4) is 0 Å². The first kappa shape index (κ1) is 37.6. The van der Waals surface area contributed by atoms with Gasteiger partial charge in [0, 0.05) is 0 Å². The minimum absolute atomic E-state index is 0.0589. The van der Waals surface area contributed by atoms with Gasteiger partial charge in [0.05, 0.1) is 30.5 Å². The fourth-order valence-corrected chi connectivity index (χ4v) is 11.8. The molecule has 0 aromatic carbocycles. The molecule has 1 aliphatic heterocycles. The smallest absolute Gasteiger partial charge is 0.186 e. The van der Waals surface area contributed by atoms with Gasteiger partial charge < -0.3 is 55.4 Å². The predicted octanol–water partition coefficient (Wildman–Crippen LogP) is 1.24. The third-order valence-electron chi connectivity index (χ3n) is 14.5. The molecule has 4 aliphatic carbocycles. The van der Waals surface area contributed by atoms with E-state index in [1.165, 1.54) is 13.8 Å². The van der Waals surface area contributed by atoms with Gasteiger partial charge in [-0.1, -0.05) is 46.3 Å². The number of aliphatic hydroxyl groups is 9. The Labute approximate surface area is 279 Å². The van der Waals surface area contributed by atoms with Gasteiger partial charge in [0.25, 0.3) is 0 Å². The maximum Gasteiger partial charge on any atom is 0.186 e. The number of aliphatic hydroxyl groups excluding tert-OH is 8. The maximum atomic E-state index is 12.1. The summed E-state index contributed by atoms with van der Waals surface area (Å²) in [6.07, 6.45) is -5.82. The van der Waals surface area contributed by atoms with E-state index in [0.717, 1.165) is 18.4 Å². The van der Waals surface area contributed by atoms with Gasteiger partial charge in [0.1, 0.15) is 36.6 Å². The van der Waals surface area contributed by atoms with Crippen LogP contribution in [0.1, 0.15) is 93.9 Å². The molecule has 4 saturated carbocycles. The van der Waals surface area contributed by atoms with Crippen molar-refractivity contribution in [3.63, 3.8) is 0 Å². The highest BCUT2D eigenvalue weighted by Crippen LogP contribution is 2.76. The SMILES string of the molecule is C/C(=C/[C@H](O)[C@@H](O)C(C)(C)O)[C@H]1CC[C@]2(C)[C@@H]1[C@H](O)C[C@@H]1[C@@]3(C)CC[C@H](O)C(C)(C)[C@@H]3[C@@H](O[C@@H]3O[C@H](CO)[C@@H](O)[C@H](O)[C@H]3O)C[C@]12C. The van der Waals surface area contributed by atoms with Gasteiger partial charge in [-0.15, -0.1) is 0 Å². The lowest BCUT2D eigenvalue weighted by Crippen LogP contribution is -2.70.